The number of hydrogen-bond acceptors (Lipinski definition) is 3. The summed E-state index contributed by atoms with van der Waals surface area (Å²) in [5, 5.41) is 2.44. The molecule has 16 heavy (non-hydrogen) atoms. The van der Waals surface area contributed by atoms with Gasteiger partial charge in [-0.3, -0.25) is 4.90 Å². The Morgan fingerprint density at radius 1 is 1.50 bits per heavy atom. The minimum Gasteiger partial charge on any atom is -0.289 e. The van der Waals surface area contributed by atoms with Crippen LogP contribution in [0.15, 0.2) is 5.38 Å². The van der Waals surface area contributed by atoms with E-state index >= 15 is 0 Å². The largest absolute Gasteiger partial charge is 0.401 e. The maximum atomic E-state index is 12.2. The Kier molecular flexibility index (Phi) is 5.01. The number of hydrogen-bond donors (Lipinski definition) is 0. The highest BCUT2D eigenvalue weighted by Crippen LogP contribution is 2.19. The van der Waals surface area contributed by atoms with Gasteiger partial charge in [-0.05, 0) is 6.54 Å². The molecule has 1 rings (SSSR count). The van der Waals surface area contributed by atoms with Crippen molar-refractivity contribution in [3.63, 3.8) is 0 Å². The van der Waals surface area contributed by atoms with Gasteiger partial charge >= 0.3 is 6.18 Å². The Labute approximate surface area is 101 Å². The van der Waals surface area contributed by atoms with Crippen molar-refractivity contribution in [2.75, 3.05) is 13.1 Å². The summed E-state index contributed by atoms with van der Waals surface area (Å²) in [6.07, 6.45) is -4.16. The minimum absolute atomic E-state index is 0.220. The molecule has 0 aromatic carbocycles. The average Bonchev–Trinajstić information content (AvgIpc) is 2.62. The van der Waals surface area contributed by atoms with Gasteiger partial charge in [0, 0.05) is 5.38 Å². The molecule has 0 fully saturated rings. The molecule has 0 spiro atoms. The first-order valence-corrected chi connectivity index (χ1v) is 6.14. The zero-order valence-corrected chi connectivity index (χ0v) is 10.3. The maximum Gasteiger partial charge on any atom is 0.401 e. The van der Waals surface area contributed by atoms with Crippen LogP contribution in [-0.2, 0) is 12.4 Å². The summed E-state index contributed by atoms with van der Waals surface area (Å²) >= 11 is 6.91. The molecule has 1 aromatic heterocycles. The van der Waals surface area contributed by atoms with Gasteiger partial charge in [-0.1, -0.05) is 6.92 Å². The van der Waals surface area contributed by atoms with E-state index in [1.165, 1.54) is 16.2 Å². The van der Waals surface area contributed by atoms with Crippen LogP contribution in [-0.4, -0.2) is 29.1 Å². The maximum absolute atomic E-state index is 12.2. The van der Waals surface area contributed by atoms with E-state index in [1.54, 1.807) is 12.3 Å². The smallest absolute Gasteiger partial charge is 0.289 e. The quantitative estimate of drug-likeness (QED) is 0.765. The van der Waals surface area contributed by atoms with E-state index in [-0.39, 0.29) is 6.54 Å². The van der Waals surface area contributed by atoms with Crippen LogP contribution in [0.3, 0.4) is 0 Å². The third kappa shape index (κ3) is 4.67. The molecular weight excluding hydrogens is 261 g/mol. The Morgan fingerprint density at radius 2 is 2.19 bits per heavy atom. The molecule has 0 saturated heterocycles. The highest BCUT2D eigenvalue weighted by Gasteiger charge is 2.30. The third-order valence-corrected chi connectivity index (χ3v) is 3.10. The molecule has 2 nitrogen and oxygen atoms in total. The number of aromatic nitrogens is 1. The molecule has 1 aromatic rings. The Morgan fingerprint density at radius 3 is 2.62 bits per heavy atom. The summed E-state index contributed by atoms with van der Waals surface area (Å²) < 4.78 is 36.6. The van der Waals surface area contributed by atoms with E-state index in [2.05, 4.69) is 4.98 Å². The third-order valence-electron chi connectivity index (χ3n) is 1.95. The standard InChI is InChI=1S/C9H12ClF3N2S/c1-2-15(6-9(11,12)13)4-8-14-7(3-10)5-16-8/h5H,2-4,6H2,1H3. The summed E-state index contributed by atoms with van der Waals surface area (Å²) in [5.74, 6) is 0.294. The van der Waals surface area contributed by atoms with Crippen LogP contribution in [0.4, 0.5) is 13.2 Å². The second kappa shape index (κ2) is 5.84. The molecule has 0 radical (unpaired) electrons. The lowest BCUT2D eigenvalue weighted by molar-refractivity contribution is -0.146. The number of nitrogens with zero attached hydrogens (tertiary/aromatic N) is 2. The molecule has 0 saturated carbocycles. The van der Waals surface area contributed by atoms with E-state index in [4.69, 9.17) is 11.6 Å². The van der Waals surface area contributed by atoms with Crippen molar-refractivity contribution < 1.29 is 13.2 Å². The summed E-state index contributed by atoms with van der Waals surface area (Å²) in [6.45, 7) is 1.36. The van der Waals surface area contributed by atoms with Crippen molar-refractivity contribution in [3.05, 3.63) is 16.1 Å². The van der Waals surface area contributed by atoms with Crippen molar-refractivity contribution in [1.82, 2.24) is 9.88 Å². The predicted octanol–water partition coefficient (Wildman–Crippen LogP) is 3.27. The molecule has 0 unspecified atom stereocenters. The van der Waals surface area contributed by atoms with Gasteiger partial charge in [-0.25, -0.2) is 4.98 Å². The lowest BCUT2D eigenvalue weighted by Crippen LogP contribution is -2.33. The van der Waals surface area contributed by atoms with Crippen molar-refractivity contribution in [2.24, 2.45) is 0 Å². The van der Waals surface area contributed by atoms with E-state index < -0.39 is 12.7 Å². The molecule has 0 atom stereocenters. The van der Waals surface area contributed by atoms with E-state index in [0.717, 1.165) is 0 Å². The van der Waals surface area contributed by atoms with Crippen molar-refractivity contribution in [3.8, 4) is 0 Å². The molecule has 0 amide bonds. The zero-order chi connectivity index (χ0) is 12.2. The molecule has 7 heteroatoms. The van der Waals surface area contributed by atoms with Gasteiger partial charge in [-0.15, -0.1) is 22.9 Å². The number of rotatable bonds is 5. The monoisotopic (exact) mass is 272 g/mol. The van der Waals surface area contributed by atoms with Gasteiger partial charge in [0.25, 0.3) is 0 Å². The second-order valence-corrected chi connectivity index (χ2v) is 4.49. The molecule has 0 aliphatic rings. The molecule has 0 aliphatic heterocycles. The highest BCUT2D eigenvalue weighted by atomic mass is 35.5. The lowest BCUT2D eigenvalue weighted by atomic mass is 10.4. The Bertz CT molecular complexity index is 327. The average molecular weight is 273 g/mol. The fourth-order valence-corrected chi connectivity index (χ4v) is 2.27. The van der Waals surface area contributed by atoms with Gasteiger partial charge in [-0.2, -0.15) is 13.2 Å². The van der Waals surface area contributed by atoms with Crippen LogP contribution in [0.1, 0.15) is 17.6 Å². The van der Waals surface area contributed by atoms with Gasteiger partial charge in [0.15, 0.2) is 0 Å². The van der Waals surface area contributed by atoms with Gasteiger partial charge < -0.3 is 0 Å². The van der Waals surface area contributed by atoms with Crippen LogP contribution in [0, 0.1) is 0 Å². The SMILES string of the molecule is CCN(Cc1nc(CCl)cs1)CC(F)(F)F. The van der Waals surface area contributed by atoms with Crippen LogP contribution < -0.4 is 0 Å². The summed E-state index contributed by atoms with van der Waals surface area (Å²) in [4.78, 5) is 5.43. The molecule has 0 aliphatic carbocycles. The summed E-state index contributed by atoms with van der Waals surface area (Å²) in [5.41, 5.74) is 0.713. The van der Waals surface area contributed by atoms with Crippen LogP contribution in [0.25, 0.3) is 0 Å². The minimum atomic E-state index is -4.16. The molecule has 0 bridgehead atoms. The molecule has 1 heterocycles. The zero-order valence-electron chi connectivity index (χ0n) is 8.72. The van der Waals surface area contributed by atoms with Gasteiger partial charge in [0.1, 0.15) is 5.01 Å². The summed E-state index contributed by atoms with van der Waals surface area (Å²) in [6, 6.07) is 0. The topological polar surface area (TPSA) is 16.1 Å². The summed E-state index contributed by atoms with van der Waals surface area (Å²) in [7, 11) is 0. The predicted molar refractivity (Wildman–Crippen MR) is 58.7 cm³/mol. The molecule has 0 N–H and O–H groups in total. The highest BCUT2D eigenvalue weighted by molar-refractivity contribution is 7.09. The fraction of sp³-hybridized carbons (Fsp3) is 0.667. The molecular formula is C9H12ClF3N2S. The molecule has 92 valence electrons. The number of thiazole rings is 1. The Balaban J connectivity index is 2.56. The first kappa shape index (κ1) is 13.7. The van der Waals surface area contributed by atoms with Crippen molar-refractivity contribution >= 4 is 22.9 Å². The fourth-order valence-electron chi connectivity index (χ4n) is 1.21. The first-order valence-electron chi connectivity index (χ1n) is 4.73. The van der Waals surface area contributed by atoms with Crippen LogP contribution in [0.5, 0.6) is 0 Å². The Hall–Kier alpha value is -0.330. The van der Waals surface area contributed by atoms with Crippen LogP contribution in [0.2, 0.25) is 0 Å². The van der Waals surface area contributed by atoms with Crippen LogP contribution >= 0.6 is 22.9 Å². The van der Waals surface area contributed by atoms with Gasteiger partial charge in [0.2, 0.25) is 0 Å². The van der Waals surface area contributed by atoms with Gasteiger partial charge in [0.05, 0.1) is 24.7 Å². The van der Waals surface area contributed by atoms with Crippen molar-refractivity contribution in [2.45, 2.75) is 25.5 Å². The van der Waals surface area contributed by atoms with E-state index in [9.17, 15) is 13.2 Å². The second-order valence-electron chi connectivity index (χ2n) is 3.28. The van der Waals surface area contributed by atoms with E-state index in [1.807, 2.05) is 0 Å². The normalized spacial score (nSPS) is 12.4. The van der Waals surface area contributed by atoms with E-state index in [0.29, 0.717) is 23.1 Å². The first-order chi connectivity index (χ1) is 7.44. The van der Waals surface area contributed by atoms with Crippen molar-refractivity contribution in [1.29, 1.82) is 0 Å². The number of halogens is 4. The lowest BCUT2D eigenvalue weighted by Gasteiger charge is -2.20. The number of alkyl halides is 4.